The van der Waals surface area contributed by atoms with Crippen molar-refractivity contribution in [2.75, 3.05) is 46.9 Å². The molecule has 70 heavy (non-hydrogen) atoms. The van der Waals surface area contributed by atoms with Crippen LogP contribution in [0.4, 0.5) is 0 Å². The van der Waals surface area contributed by atoms with E-state index in [4.69, 9.17) is 18.9 Å². The lowest BCUT2D eigenvalue weighted by Gasteiger charge is -2.43. The van der Waals surface area contributed by atoms with Crippen molar-refractivity contribution in [1.29, 1.82) is 0 Å². The molecule has 6 heteroatoms. The zero-order chi connectivity index (χ0) is 49.2. The van der Waals surface area contributed by atoms with E-state index in [0.29, 0.717) is 5.66 Å². The van der Waals surface area contributed by atoms with E-state index in [2.05, 4.69) is 239 Å². The lowest BCUT2D eigenvalue weighted by molar-refractivity contribution is 0.413. The molecular formula is C64H72O4P2+2. The van der Waals surface area contributed by atoms with E-state index in [9.17, 15) is 0 Å². The molecule has 0 aliphatic carbocycles. The van der Waals surface area contributed by atoms with Gasteiger partial charge in [-0.1, -0.05) is 142 Å². The molecular weight excluding hydrogens is 895 g/mol. The molecule has 4 nitrogen and oxygen atoms in total. The summed E-state index contributed by atoms with van der Waals surface area (Å²) in [6, 6.07) is 79.0. The minimum Gasteiger partial charge on any atom is -0.497 e. The number of hydrogen-bond donors (Lipinski definition) is 0. The van der Waals surface area contributed by atoms with E-state index >= 15 is 0 Å². The fourth-order valence-corrected chi connectivity index (χ4v) is 20.9. The second-order valence-electron chi connectivity index (χ2n) is 18.0. The Labute approximate surface area is 420 Å². The largest absolute Gasteiger partial charge is 0.497 e. The summed E-state index contributed by atoms with van der Waals surface area (Å²) in [4.78, 5) is 0. The topological polar surface area (TPSA) is 36.9 Å². The maximum Gasteiger partial charge on any atom is 0.144 e. The van der Waals surface area contributed by atoms with Crippen LogP contribution < -0.4 is 40.2 Å². The molecule has 1 unspecified atom stereocenters. The molecule has 0 heterocycles. The second kappa shape index (κ2) is 25.1. The van der Waals surface area contributed by atoms with Crippen LogP contribution in [0.3, 0.4) is 0 Å². The van der Waals surface area contributed by atoms with Crippen molar-refractivity contribution < 1.29 is 18.9 Å². The highest BCUT2D eigenvalue weighted by molar-refractivity contribution is 8.01. The first-order chi connectivity index (χ1) is 34.3. The summed E-state index contributed by atoms with van der Waals surface area (Å²) in [6.45, 7) is 7.11. The minimum atomic E-state index is -1.91. The van der Waals surface area contributed by atoms with Crippen molar-refractivity contribution in [2.24, 2.45) is 0 Å². The van der Waals surface area contributed by atoms with Crippen molar-refractivity contribution >= 4 is 35.7 Å². The molecule has 0 aliphatic rings. The first-order valence-corrected chi connectivity index (χ1v) is 29.1. The number of rotatable bonds is 21. The normalized spacial score (nSPS) is 12.0. The summed E-state index contributed by atoms with van der Waals surface area (Å²) in [7, 11) is 3.56. The van der Waals surface area contributed by atoms with Gasteiger partial charge >= 0.3 is 0 Å². The van der Waals surface area contributed by atoms with Crippen LogP contribution in [0.25, 0.3) is 0 Å². The Hall–Kier alpha value is -6.18. The van der Waals surface area contributed by atoms with Crippen LogP contribution in [-0.4, -0.2) is 46.9 Å². The Bertz CT molecular complexity index is 2430. The second-order valence-corrected chi connectivity index (χ2v) is 25.8. The van der Waals surface area contributed by atoms with Crippen molar-refractivity contribution in [2.45, 2.75) is 57.5 Å². The molecule has 360 valence electrons. The fraction of sp³-hybridized carbons (Fsp3) is 0.250. The molecule has 0 aromatic heterocycles. The van der Waals surface area contributed by atoms with Crippen molar-refractivity contribution in [3.63, 3.8) is 0 Å². The number of hydrogen-bond acceptors (Lipinski definition) is 4. The van der Waals surface area contributed by atoms with Gasteiger partial charge in [0.2, 0.25) is 0 Å². The van der Waals surface area contributed by atoms with Gasteiger partial charge in [0.15, 0.2) is 0 Å². The zero-order valence-corrected chi connectivity index (χ0v) is 44.1. The van der Waals surface area contributed by atoms with Crippen LogP contribution in [0.2, 0.25) is 0 Å². The molecule has 0 fully saturated rings. The molecule has 8 rings (SSSR count). The molecule has 0 spiro atoms. The smallest absolute Gasteiger partial charge is 0.144 e. The molecule has 8 aromatic rings. The van der Waals surface area contributed by atoms with Gasteiger partial charge in [-0.25, -0.2) is 0 Å². The summed E-state index contributed by atoms with van der Waals surface area (Å²) >= 11 is 0. The Morgan fingerprint density at radius 2 is 0.600 bits per heavy atom. The van der Waals surface area contributed by atoms with E-state index in [-0.39, 0.29) is 0 Å². The fourth-order valence-electron chi connectivity index (χ4n) is 10.9. The average Bonchev–Trinajstić information content (AvgIpc) is 3.43. The monoisotopic (exact) mass is 966 g/mol. The summed E-state index contributed by atoms with van der Waals surface area (Å²) in [5.74, 6) is 3.46. The van der Waals surface area contributed by atoms with Crippen molar-refractivity contribution in [3.8, 4) is 23.0 Å². The van der Waals surface area contributed by atoms with E-state index in [1.807, 2.05) is 0 Å². The third kappa shape index (κ3) is 11.2. The Morgan fingerprint density at radius 3 is 0.843 bits per heavy atom. The molecule has 0 saturated heterocycles. The number of methoxy groups -OCH3 is 4. The highest BCUT2D eigenvalue weighted by Gasteiger charge is 2.51. The van der Waals surface area contributed by atoms with Gasteiger partial charge < -0.3 is 18.9 Å². The lowest BCUT2D eigenvalue weighted by Crippen LogP contribution is -2.38. The van der Waals surface area contributed by atoms with Gasteiger partial charge in [-0.05, 0) is 139 Å². The van der Waals surface area contributed by atoms with Crippen LogP contribution >= 0.6 is 14.5 Å². The first kappa shape index (κ1) is 51.7. The summed E-state index contributed by atoms with van der Waals surface area (Å²) in [5, 5.41) is 5.55. The lowest BCUT2D eigenvalue weighted by atomic mass is 9.66. The van der Waals surface area contributed by atoms with Gasteiger partial charge in [0.05, 0.1) is 52.6 Å². The van der Waals surface area contributed by atoms with E-state index in [1.165, 1.54) is 81.2 Å². The molecule has 0 N–H and O–H groups in total. The van der Waals surface area contributed by atoms with Crippen molar-refractivity contribution in [3.05, 3.63) is 241 Å². The summed E-state index contributed by atoms with van der Waals surface area (Å²) in [6.07, 6.45) is 8.39. The first-order valence-electron chi connectivity index (χ1n) is 24.9. The average molecular weight is 967 g/mol. The highest BCUT2D eigenvalue weighted by atomic mass is 31.2. The SMILES string of the molecule is CCC[P+](CCC)(CCC)C(CC(c1ccc(OC)cc1)(c1ccc(OC)cc1)c1ccc(OC)cc1)c1ccc(OC)cc1.c1ccc([P+](c2ccccc2)(c2ccccc2)c2ccccc2)cc1. The third-order valence-electron chi connectivity index (χ3n) is 14.0. The van der Waals surface area contributed by atoms with Gasteiger partial charge in [0.25, 0.3) is 0 Å². The van der Waals surface area contributed by atoms with Gasteiger partial charge in [0.1, 0.15) is 51.5 Å². The highest BCUT2D eigenvalue weighted by Crippen LogP contribution is 2.74. The molecule has 0 bridgehead atoms. The van der Waals surface area contributed by atoms with E-state index < -0.39 is 19.9 Å². The Kier molecular flexibility index (Phi) is 18.5. The molecule has 0 aliphatic heterocycles. The van der Waals surface area contributed by atoms with Gasteiger partial charge in [-0.15, -0.1) is 0 Å². The zero-order valence-electron chi connectivity index (χ0n) is 42.3. The van der Waals surface area contributed by atoms with Crippen LogP contribution in [0.1, 0.15) is 74.4 Å². The summed E-state index contributed by atoms with van der Waals surface area (Å²) in [5.41, 5.74) is 5.10. The van der Waals surface area contributed by atoms with Crippen LogP contribution in [0.5, 0.6) is 23.0 Å². The van der Waals surface area contributed by atoms with E-state index in [1.54, 1.807) is 28.4 Å². The van der Waals surface area contributed by atoms with E-state index in [0.717, 1.165) is 29.4 Å². The minimum absolute atomic E-state index is 0.384. The third-order valence-corrected chi connectivity index (χ3v) is 24.1. The van der Waals surface area contributed by atoms with Gasteiger partial charge in [-0.3, -0.25) is 0 Å². The number of ether oxygens (including phenoxy) is 4. The van der Waals surface area contributed by atoms with Crippen LogP contribution in [-0.2, 0) is 5.41 Å². The molecule has 1 atom stereocenters. The number of benzene rings is 8. The quantitative estimate of drug-likeness (QED) is 0.0531. The van der Waals surface area contributed by atoms with Crippen LogP contribution in [0, 0.1) is 0 Å². The Morgan fingerprint density at radius 1 is 0.343 bits per heavy atom. The van der Waals surface area contributed by atoms with Crippen LogP contribution in [0.15, 0.2) is 218 Å². The maximum atomic E-state index is 5.64. The van der Waals surface area contributed by atoms with Gasteiger partial charge in [-0.2, -0.15) is 0 Å². The Balaban J connectivity index is 0.000000242. The molecule has 0 saturated carbocycles. The molecule has 8 aromatic carbocycles. The van der Waals surface area contributed by atoms with Gasteiger partial charge in [0, 0.05) is 19.1 Å². The predicted octanol–water partition coefficient (Wildman–Crippen LogP) is 14.7. The molecule has 0 amide bonds. The standard InChI is InChI=1S/C40H52O4P.C24H20P/c1-8-27-45(28-9-2,29-10-3)39(31-11-19-35(41-4)20-12-31)30-40(32-13-21-36(42-5)22-14-32,33-15-23-37(43-6)24-16-33)34-17-25-38(44-7)26-18-34;1-5-13-21(14-6-1)25(22-15-7-2-8-16-22,23-17-9-3-10-18-23)24-19-11-4-12-20-24/h11-26,39H,8-10,27-30H2,1-7H3;1-20H/q2*+1. The predicted molar refractivity (Wildman–Crippen MR) is 303 cm³/mol. The maximum absolute atomic E-state index is 5.64. The summed E-state index contributed by atoms with van der Waals surface area (Å²) < 4.78 is 22.5. The molecule has 0 radical (unpaired) electrons. The van der Waals surface area contributed by atoms with Crippen molar-refractivity contribution in [1.82, 2.24) is 0 Å².